The number of rotatable bonds is 47. The number of hydrogen-bond acceptors (Lipinski definition) is 6. The number of allylic oxidation sites excluding steroid dienone is 16. The predicted molar refractivity (Wildman–Crippen MR) is 279 cm³/mol. The molecule has 6 nitrogen and oxygen atoms in total. The molecule has 0 spiro atoms. The third kappa shape index (κ3) is 51.2. The summed E-state index contributed by atoms with van der Waals surface area (Å²) in [5.41, 5.74) is 0. The van der Waals surface area contributed by atoms with Gasteiger partial charge in [0.1, 0.15) is 13.2 Å². The molecule has 0 aromatic rings. The van der Waals surface area contributed by atoms with Crippen LogP contribution in [0.4, 0.5) is 0 Å². The Balaban J connectivity index is 4.47. The number of carbonyl (C=O) groups excluding carboxylic acids is 3. The molecule has 0 rings (SSSR count). The fourth-order valence-corrected chi connectivity index (χ4v) is 7.02. The van der Waals surface area contributed by atoms with Crippen LogP contribution in [0.25, 0.3) is 0 Å². The molecule has 0 radical (unpaired) electrons. The van der Waals surface area contributed by atoms with Gasteiger partial charge in [-0.25, -0.2) is 0 Å². The molecule has 0 heterocycles. The quantitative estimate of drug-likeness (QED) is 0.0262. The molecular formula is C59H98O6. The summed E-state index contributed by atoms with van der Waals surface area (Å²) in [7, 11) is 0. The highest BCUT2D eigenvalue weighted by Crippen LogP contribution is 2.13. The molecule has 0 N–H and O–H groups in total. The van der Waals surface area contributed by atoms with Gasteiger partial charge in [-0.2, -0.15) is 0 Å². The van der Waals surface area contributed by atoms with Crippen molar-refractivity contribution in [3.63, 3.8) is 0 Å². The third-order valence-corrected chi connectivity index (χ3v) is 11.0. The van der Waals surface area contributed by atoms with E-state index >= 15 is 0 Å². The molecule has 0 fully saturated rings. The second kappa shape index (κ2) is 52.9. The van der Waals surface area contributed by atoms with Crippen LogP contribution in [0.5, 0.6) is 0 Å². The molecule has 0 saturated heterocycles. The average Bonchev–Trinajstić information content (AvgIpc) is 3.30. The first-order valence-corrected chi connectivity index (χ1v) is 26.7. The summed E-state index contributed by atoms with van der Waals surface area (Å²) in [6.45, 7) is 6.43. The Labute approximate surface area is 400 Å². The Hall–Kier alpha value is -3.67. The van der Waals surface area contributed by atoms with Gasteiger partial charge in [-0.1, -0.05) is 195 Å². The standard InChI is InChI=1S/C59H98O6/c1-4-7-10-13-16-19-22-25-27-28-29-30-32-35-37-40-43-46-49-52-58(61)64-55-56(65-59(62)53-50-47-44-41-38-33-24-21-18-15-12-9-6-3)54-63-57(60)51-48-45-42-39-36-34-31-26-23-20-17-14-11-8-5-2/h7,10,16-17,19-21,24-27,29-31,35,37,56H,4-6,8-9,11-15,18,22-23,28,32-34,36,38-55H2,1-3H3/b10-7-,19-16-,20-17-,24-21-,27-25-,30-29-,31-26-,37-35-/t56-/m0/s1. The maximum Gasteiger partial charge on any atom is 0.306 e. The second-order valence-corrected chi connectivity index (χ2v) is 17.4. The number of unbranched alkanes of at least 4 members (excludes halogenated alkanes) is 20. The van der Waals surface area contributed by atoms with Gasteiger partial charge in [-0.15, -0.1) is 0 Å². The highest BCUT2D eigenvalue weighted by atomic mass is 16.6. The molecule has 0 amide bonds. The van der Waals surface area contributed by atoms with Gasteiger partial charge in [0, 0.05) is 19.3 Å². The molecule has 0 unspecified atom stereocenters. The van der Waals surface area contributed by atoms with Crippen LogP contribution in [0.2, 0.25) is 0 Å². The monoisotopic (exact) mass is 903 g/mol. The SMILES string of the molecule is CC/C=C\C/C=C\C/C=C\C/C=C\C/C=C\CCCCCC(=O)OC[C@H](COC(=O)CCCCCCC/C=C\C/C=C\CCCCC)OC(=O)CCCCCCC/C=C\CCCCCC. The maximum atomic E-state index is 12.8. The first-order valence-electron chi connectivity index (χ1n) is 26.7. The smallest absolute Gasteiger partial charge is 0.306 e. The zero-order valence-electron chi connectivity index (χ0n) is 42.2. The first-order chi connectivity index (χ1) is 32.0. The van der Waals surface area contributed by atoms with Gasteiger partial charge in [0.25, 0.3) is 0 Å². The predicted octanol–water partition coefficient (Wildman–Crippen LogP) is 17.8. The summed E-state index contributed by atoms with van der Waals surface area (Å²) in [6, 6.07) is 0. The maximum absolute atomic E-state index is 12.8. The zero-order chi connectivity index (χ0) is 47.2. The minimum Gasteiger partial charge on any atom is -0.462 e. The van der Waals surface area contributed by atoms with Crippen LogP contribution in [0.15, 0.2) is 97.2 Å². The van der Waals surface area contributed by atoms with Crippen LogP contribution in [0.3, 0.4) is 0 Å². The van der Waals surface area contributed by atoms with Gasteiger partial charge in [-0.3, -0.25) is 14.4 Å². The van der Waals surface area contributed by atoms with E-state index in [-0.39, 0.29) is 31.1 Å². The van der Waals surface area contributed by atoms with Gasteiger partial charge in [0.05, 0.1) is 0 Å². The van der Waals surface area contributed by atoms with Crippen LogP contribution >= 0.6 is 0 Å². The molecule has 6 heteroatoms. The molecule has 0 aromatic heterocycles. The Kier molecular flexibility index (Phi) is 50.0. The lowest BCUT2D eigenvalue weighted by molar-refractivity contribution is -0.167. The number of carbonyl (C=O) groups is 3. The lowest BCUT2D eigenvalue weighted by atomic mass is 10.1. The van der Waals surface area contributed by atoms with E-state index in [0.29, 0.717) is 19.3 Å². The molecule has 0 bridgehead atoms. The van der Waals surface area contributed by atoms with Crippen LogP contribution in [-0.2, 0) is 28.6 Å². The fourth-order valence-electron chi connectivity index (χ4n) is 7.02. The summed E-state index contributed by atoms with van der Waals surface area (Å²) in [4.78, 5) is 38.0. The lowest BCUT2D eigenvalue weighted by Gasteiger charge is -2.18. The van der Waals surface area contributed by atoms with E-state index in [9.17, 15) is 14.4 Å². The van der Waals surface area contributed by atoms with E-state index < -0.39 is 6.10 Å². The van der Waals surface area contributed by atoms with Crippen LogP contribution < -0.4 is 0 Å². The van der Waals surface area contributed by atoms with Crippen molar-refractivity contribution in [1.82, 2.24) is 0 Å². The second-order valence-electron chi connectivity index (χ2n) is 17.4. The number of ether oxygens (including phenoxy) is 3. The summed E-state index contributed by atoms with van der Waals surface area (Å²) in [6.07, 6.45) is 69.6. The van der Waals surface area contributed by atoms with Crippen molar-refractivity contribution in [2.24, 2.45) is 0 Å². The Morgan fingerprint density at radius 3 is 1.00 bits per heavy atom. The molecule has 0 aliphatic carbocycles. The minimum absolute atomic E-state index is 0.0997. The number of esters is 3. The molecule has 65 heavy (non-hydrogen) atoms. The molecule has 0 aliphatic heterocycles. The Morgan fingerprint density at radius 1 is 0.323 bits per heavy atom. The molecular weight excluding hydrogens is 805 g/mol. The Morgan fingerprint density at radius 2 is 0.600 bits per heavy atom. The molecule has 0 aromatic carbocycles. The van der Waals surface area contributed by atoms with Crippen molar-refractivity contribution in [2.75, 3.05) is 13.2 Å². The largest absolute Gasteiger partial charge is 0.462 e. The van der Waals surface area contributed by atoms with Crippen molar-refractivity contribution in [1.29, 1.82) is 0 Å². The highest BCUT2D eigenvalue weighted by molar-refractivity contribution is 5.71. The van der Waals surface area contributed by atoms with Crippen molar-refractivity contribution >= 4 is 17.9 Å². The van der Waals surface area contributed by atoms with Crippen LogP contribution in [0, 0.1) is 0 Å². The average molecular weight is 903 g/mol. The summed E-state index contributed by atoms with van der Waals surface area (Å²) in [5, 5.41) is 0. The van der Waals surface area contributed by atoms with Gasteiger partial charge in [0.15, 0.2) is 6.10 Å². The van der Waals surface area contributed by atoms with Crippen molar-refractivity contribution in [2.45, 2.75) is 245 Å². The molecule has 0 saturated carbocycles. The summed E-state index contributed by atoms with van der Waals surface area (Å²) < 4.78 is 16.8. The fraction of sp³-hybridized carbons (Fsp3) is 0.678. The highest BCUT2D eigenvalue weighted by Gasteiger charge is 2.19. The van der Waals surface area contributed by atoms with Gasteiger partial charge >= 0.3 is 17.9 Å². The van der Waals surface area contributed by atoms with Crippen molar-refractivity contribution in [3.05, 3.63) is 97.2 Å². The van der Waals surface area contributed by atoms with E-state index in [1.54, 1.807) is 0 Å². The lowest BCUT2D eigenvalue weighted by Crippen LogP contribution is -2.30. The normalized spacial score (nSPS) is 12.8. The van der Waals surface area contributed by atoms with Gasteiger partial charge in [0.2, 0.25) is 0 Å². The number of hydrogen-bond donors (Lipinski definition) is 0. The van der Waals surface area contributed by atoms with Crippen molar-refractivity contribution in [3.8, 4) is 0 Å². The van der Waals surface area contributed by atoms with Gasteiger partial charge in [-0.05, 0) is 122 Å². The Bertz CT molecular complexity index is 1310. The van der Waals surface area contributed by atoms with E-state index in [0.717, 1.165) is 135 Å². The zero-order valence-corrected chi connectivity index (χ0v) is 42.2. The first kappa shape index (κ1) is 61.3. The van der Waals surface area contributed by atoms with Gasteiger partial charge < -0.3 is 14.2 Å². The molecule has 0 aliphatic rings. The summed E-state index contributed by atoms with van der Waals surface area (Å²) in [5.74, 6) is -0.956. The third-order valence-electron chi connectivity index (χ3n) is 11.0. The van der Waals surface area contributed by atoms with Crippen LogP contribution in [-0.4, -0.2) is 37.2 Å². The van der Waals surface area contributed by atoms with E-state index in [1.807, 2.05) is 0 Å². The summed E-state index contributed by atoms with van der Waals surface area (Å²) >= 11 is 0. The van der Waals surface area contributed by atoms with Crippen LogP contribution in [0.1, 0.15) is 239 Å². The molecule has 1 atom stereocenters. The van der Waals surface area contributed by atoms with Crippen molar-refractivity contribution < 1.29 is 28.6 Å². The van der Waals surface area contributed by atoms with E-state index in [1.165, 1.54) is 64.2 Å². The van der Waals surface area contributed by atoms with E-state index in [4.69, 9.17) is 14.2 Å². The topological polar surface area (TPSA) is 78.9 Å². The molecule has 370 valence electrons. The van der Waals surface area contributed by atoms with E-state index in [2.05, 4.69) is 118 Å². The minimum atomic E-state index is -0.802.